The van der Waals surface area contributed by atoms with Gasteiger partial charge in [0, 0.05) is 25.7 Å². The van der Waals surface area contributed by atoms with Crippen LogP contribution in [-0.4, -0.2) is 75.8 Å². The van der Waals surface area contributed by atoms with Gasteiger partial charge in [0.05, 0.1) is 12.6 Å². The molecule has 6 heteroatoms. The molecule has 39 heavy (non-hydrogen) atoms. The van der Waals surface area contributed by atoms with Crippen molar-refractivity contribution in [2.75, 3.05) is 40.3 Å². The standard InChI is InChI=1S/C33H48N6/c1-36(2)24-30-18-16-28(17-19-30)12-6-3-4-9-15-32(38-23-20-31(26-38)37-21-10-11-22-37)33-35-34-27-39(33)25-29-13-7-5-8-14-29/h5,7-8,13-14,16-19,27,31-32H,3-4,6,9-12,15,20-26H2,1-2H3. The molecule has 0 saturated carbocycles. The van der Waals surface area contributed by atoms with Crippen LogP contribution in [0.1, 0.15) is 79.9 Å². The molecule has 0 radical (unpaired) electrons. The lowest BCUT2D eigenvalue weighted by Crippen LogP contribution is -2.37. The Morgan fingerprint density at radius 2 is 1.59 bits per heavy atom. The lowest BCUT2D eigenvalue weighted by atomic mass is 10.0. The van der Waals surface area contributed by atoms with Gasteiger partial charge in [0.2, 0.25) is 0 Å². The number of benzene rings is 2. The van der Waals surface area contributed by atoms with Crippen LogP contribution in [0.2, 0.25) is 0 Å². The van der Waals surface area contributed by atoms with Gasteiger partial charge < -0.3 is 9.47 Å². The number of aromatic nitrogens is 3. The summed E-state index contributed by atoms with van der Waals surface area (Å²) in [7, 11) is 4.25. The third kappa shape index (κ3) is 8.00. The van der Waals surface area contributed by atoms with Crippen molar-refractivity contribution in [1.82, 2.24) is 29.5 Å². The van der Waals surface area contributed by atoms with Gasteiger partial charge >= 0.3 is 0 Å². The van der Waals surface area contributed by atoms with Crippen molar-refractivity contribution in [3.05, 3.63) is 83.4 Å². The number of rotatable bonds is 14. The number of likely N-dealkylation sites (tertiary alicyclic amines) is 2. The van der Waals surface area contributed by atoms with Crippen molar-refractivity contribution in [3.63, 3.8) is 0 Å². The zero-order valence-corrected chi connectivity index (χ0v) is 24.2. The van der Waals surface area contributed by atoms with Crippen LogP contribution in [0.4, 0.5) is 0 Å². The molecule has 2 atom stereocenters. The first kappa shape index (κ1) is 28.0. The number of hydrogen-bond donors (Lipinski definition) is 0. The minimum Gasteiger partial charge on any atom is -0.312 e. The molecule has 2 aliphatic rings. The van der Waals surface area contributed by atoms with Crippen molar-refractivity contribution in [2.24, 2.45) is 0 Å². The molecule has 2 aliphatic heterocycles. The summed E-state index contributed by atoms with van der Waals surface area (Å²) in [4.78, 5) is 7.68. The molecule has 6 nitrogen and oxygen atoms in total. The predicted molar refractivity (Wildman–Crippen MR) is 160 cm³/mol. The van der Waals surface area contributed by atoms with Crippen LogP contribution in [0.3, 0.4) is 0 Å². The SMILES string of the molecule is CN(C)Cc1ccc(CCCCCCC(c2nncn2Cc2ccccc2)N2CCC(N3CCCC3)C2)cc1. The molecule has 3 aromatic rings. The highest BCUT2D eigenvalue weighted by molar-refractivity contribution is 5.22. The molecular formula is C33H48N6. The van der Waals surface area contributed by atoms with E-state index in [1.54, 1.807) is 0 Å². The van der Waals surface area contributed by atoms with Crippen molar-refractivity contribution < 1.29 is 0 Å². The first-order valence-electron chi connectivity index (χ1n) is 15.3. The van der Waals surface area contributed by atoms with Gasteiger partial charge in [-0.2, -0.15) is 0 Å². The summed E-state index contributed by atoms with van der Waals surface area (Å²) in [5.74, 6) is 1.15. The third-order valence-corrected chi connectivity index (χ3v) is 8.65. The van der Waals surface area contributed by atoms with E-state index in [4.69, 9.17) is 5.10 Å². The van der Waals surface area contributed by atoms with Crippen LogP contribution in [0.15, 0.2) is 60.9 Å². The van der Waals surface area contributed by atoms with E-state index < -0.39 is 0 Å². The smallest absolute Gasteiger partial charge is 0.150 e. The zero-order valence-electron chi connectivity index (χ0n) is 24.2. The topological polar surface area (TPSA) is 40.4 Å². The van der Waals surface area contributed by atoms with Crippen LogP contribution in [0.25, 0.3) is 0 Å². The highest BCUT2D eigenvalue weighted by Crippen LogP contribution is 2.32. The Morgan fingerprint density at radius 1 is 0.846 bits per heavy atom. The van der Waals surface area contributed by atoms with Crippen LogP contribution >= 0.6 is 0 Å². The Labute approximate surface area is 236 Å². The monoisotopic (exact) mass is 528 g/mol. The number of unbranched alkanes of at least 4 members (excludes halogenated alkanes) is 3. The average Bonchev–Trinajstić information content (AvgIpc) is 3.72. The molecule has 0 bridgehead atoms. The van der Waals surface area contributed by atoms with Gasteiger partial charge in [-0.3, -0.25) is 9.80 Å². The van der Waals surface area contributed by atoms with Gasteiger partial charge in [0.15, 0.2) is 5.82 Å². The minimum absolute atomic E-state index is 0.355. The fourth-order valence-electron chi connectivity index (χ4n) is 6.55. The molecule has 0 N–H and O–H groups in total. The molecule has 2 unspecified atom stereocenters. The number of hydrogen-bond acceptors (Lipinski definition) is 5. The van der Waals surface area contributed by atoms with E-state index in [1.165, 1.54) is 101 Å². The van der Waals surface area contributed by atoms with E-state index >= 15 is 0 Å². The summed E-state index contributed by atoms with van der Waals surface area (Å²) in [6, 6.07) is 21.0. The molecule has 2 fully saturated rings. The summed E-state index contributed by atoms with van der Waals surface area (Å²) in [6.45, 7) is 6.77. The molecule has 0 aliphatic carbocycles. The highest BCUT2D eigenvalue weighted by atomic mass is 15.3. The van der Waals surface area contributed by atoms with Crippen molar-refractivity contribution >= 4 is 0 Å². The third-order valence-electron chi connectivity index (χ3n) is 8.65. The summed E-state index contributed by atoms with van der Waals surface area (Å²) >= 11 is 0. The maximum Gasteiger partial charge on any atom is 0.150 e. The Kier molecular flexibility index (Phi) is 10.2. The molecule has 3 heterocycles. The van der Waals surface area contributed by atoms with Crippen LogP contribution in [0, 0.1) is 0 Å². The summed E-state index contributed by atoms with van der Waals surface area (Å²) in [5.41, 5.74) is 4.17. The van der Waals surface area contributed by atoms with E-state index in [0.717, 1.165) is 18.9 Å². The Balaban J connectivity index is 1.15. The molecule has 2 aromatic carbocycles. The van der Waals surface area contributed by atoms with E-state index in [1.807, 2.05) is 6.33 Å². The van der Waals surface area contributed by atoms with Gasteiger partial charge in [-0.25, -0.2) is 0 Å². The van der Waals surface area contributed by atoms with Crippen LogP contribution < -0.4 is 0 Å². The van der Waals surface area contributed by atoms with E-state index in [2.05, 4.69) is 93.1 Å². The normalized spacial score (nSPS) is 19.3. The Morgan fingerprint density at radius 3 is 2.36 bits per heavy atom. The van der Waals surface area contributed by atoms with Crippen LogP contribution in [0.5, 0.6) is 0 Å². The molecule has 0 spiro atoms. The average molecular weight is 529 g/mol. The summed E-state index contributed by atoms with van der Waals surface area (Å²) in [6.07, 6.45) is 13.4. The lowest BCUT2D eigenvalue weighted by Gasteiger charge is -2.29. The van der Waals surface area contributed by atoms with Gasteiger partial charge in [-0.1, -0.05) is 73.9 Å². The second-order valence-corrected chi connectivity index (χ2v) is 12.0. The molecule has 5 rings (SSSR count). The molecule has 2 saturated heterocycles. The minimum atomic E-state index is 0.355. The first-order chi connectivity index (χ1) is 19.2. The maximum absolute atomic E-state index is 4.71. The van der Waals surface area contributed by atoms with Gasteiger partial charge in [-0.05, 0) is 82.4 Å². The Bertz CT molecular complexity index is 1100. The van der Waals surface area contributed by atoms with Crippen molar-refractivity contribution in [3.8, 4) is 0 Å². The van der Waals surface area contributed by atoms with Crippen LogP contribution in [-0.2, 0) is 19.5 Å². The van der Waals surface area contributed by atoms with E-state index in [9.17, 15) is 0 Å². The molecule has 0 amide bonds. The van der Waals surface area contributed by atoms with Crippen molar-refractivity contribution in [1.29, 1.82) is 0 Å². The largest absolute Gasteiger partial charge is 0.312 e. The van der Waals surface area contributed by atoms with Gasteiger partial charge in [0.1, 0.15) is 6.33 Å². The number of aryl methyl sites for hydroxylation is 1. The first-order valence-corrected chi connectivity index (χ1v) is 15.3. The molecule has 210 valence electrons. The summed E-state index contributed by atoms with van der Waals surface area (Å²) < 4.78 is 2.29. The molecular weight excluding hydrogens is 480 g/mol. The molecule has 1 aromatic heterocycles. The second kappa shape index (κ2) is 14.2. The van der Waals surface area contributed by atoms with Gasteiger partial charge in [0.25, 0.3) is 0 Å². The zero-order chi connectivity index (χ0) is 26.9. The maximum atomic E-state index is 4.71. The highest BCUT2D eigenvalue weighted by Gasteiger charge is 2.34. The lowest BCUT2D eigenvalue weighted by molar-refractivity contribution is 0.182. The fourth-order valence-corrected chi connectivity index (χ4v) is 6.55. The summed E-state index contributed by atoms with van der Waals surface area (Å²) in [5, 5.41) is 9.11. The van der Waals surface area contributed by atoms with E-state index in [-0.39, 0.29) is 0 Å². The predicted octanol–water partition coefficient (Wildman–Crippen LogP) is 5.79. The van der Waals surface area contributed by atoms with Gasteiger partial charge in [-0.15, -0.1) is 10.2 Å². The number of nitrogens with zero attached hydrogens (tertiary/aromatic N) is 6. The quantitative estimate of drug-likeness (QED) is 0.248. The van der Waals surface area contributed by atoms with E-state index in [0.29, 0.717) is 12.1 Å². The van der Waals surface area contributed by atoms with Crippen molar-refractivity contribution in [2.45, 2.75) is 83.0 Å². The Hall–Kier alpha value is -2.54. The fraction of sp³-hybridized carbons (Fsp3) is 0.576. The second-order valence-electron chi connectivity index (χ2n) is 12.0.